The predicted octanol–water partition coefficient (Wildman–Crippen LogP) is 1.85. The number of allylic oxidation sites excluding steroid dienone is 1. The van der Waals surface area contributed by atoms with E-state index in [4.69, 9.17) is 9.47 Å². The van der Waals surface area contributed by atoms with Crippen molar-refractivity contribution < 1.29 is 23.8 Å². The van der Waals surface area contributed by atoms with Crippen LogP contribution in [0.3, 0.4) is 0 Å². The number of carbonyl (C=O) groups excluding carboxylic acids is 2. The van der Waals surface area contributed by atoms with Gasteiger partial charge in [-0.15, -0.1) is 0 Å². The van der Waals surface area contributed by atoms with E-state index >= 15 is 0 Å². The Balaban J connectivity index is 2.87. The molecule has 5 nitrogen and oxygen atoms in total. The first-order valence-electron chi connectivity index (χ1n) is 5.61. The van der Waals surface area contributed by atoms with Crippen LogP contribution >= 0.6 is 0 Å². The predicted molar refractivity (Wildman–Crippen MR) is 70.2 cm³/mol. The molecule has 0 N–H and O–H groups in total. The Morgan fingerprint density at radius 2 is 1.89 bits per heavy atom. The molecule has 1 aromatic carbocycles. The first kappa shape index (κ1) is 14.8. The van der Waals surface area contributed by atoms with Gasteiger partial charge < -0.3 is 14.2 Å². The third kappa shape index (κ3) is 4.13. The number of hydrogen-bond donors (Lipinski definition) is 0. The molecule has 5 heteroatoms. The molecule has 0 aliphatic carbocycles. The number of esters is 1. The molecule has 0 aliphatic heterocycles. The fraction of sp³-hybridized carbons (Fsp3) is 0.286. The second-order valence-electron chi connectivity index (χ2n) is 3.64. The van der Waals surface area contributed by atoms with Crippen LogP contribution in [-0.2, 0) is 14.3 Å². The maximum atomic E-state index is 11.5. The van der Waals surface area contributed by atoms with E-state index in [9.17, 15) is 9.59 Å². The van der Waals surface area contributed by atoms with Gasteiger partial charge in [0.1, 0.15) is 6.42 Å². The van der Waals surface area contributed by atoms with Crippen LogP contribution in [0.1, 0.15) is 12.0 Å². The molecule has 1 rings (SSSR count). The Labute approximate surface area is 111 Å². The maximum absolute atomic E-state index is 11.5. The third-order valence-electron chi connectivity index (χ3n) is 2.43. The maximum Gasteiger partial charge on any atom is 0.313 e. The van der Waals surface area contributed by atoms with Crippen LogP contribution in [0.15, 0.2) is 24.3 Å². The highest BCUT2D eigenvalue weighted by atomic mass is 16.5. The Morgan fingerprint density at radius 1 is 1.16 bits per heavy atom. The number of hydrogen-bond acceptors (Lipinski definition) is 5. The van der Waals surface area contributed by atoms with Crippen molar-refractivity contribution in [2.24, 2.45) is 0 Å². The van der Waals surface area contributed by atoms with Gasteiger partial charge in [-0.1, -0.05) is 12.1 Å². The highest BCUT2D eigenvalue weighted by Gasteiger charge is 2.09. The smallest absolute Gasteiger partial charge is 0.313 e. The molecular weight excluding hydrogens is 248 g/mol. The Bertz CT molecular complexity index is 491. The van der Waals surface area contributed by atoms with Crippen molar-refractivity contribution in [2.45, 2.75) is 6.42 Å². The van der Waals surface area contributed by atoms with Gasteiger partial charge in [-0.3, -0.25) is 9.59 Å². The largest absolute Gasteiger partial charge is 0.493 e. The Kier molecular flexibility index (Phi) is 5.60. The summed E-state index contributed by atoms with van der Waals surface area (Å²) in [7, 11) is 4.30. The lowest BCUT2D eigenvalue weighted by Crippen LogP contribution is -2.06. The zero-order chi connectivity index (χ0) is 14.3. The molecule has 102 valence electrons. The van der Waals surface area contributed by atoms with Crippen molar-refractivity contribution >= 4 is 17.8 Å². The van der Waals surface area contributed by atoms with Crippen molar-refractivity contribution in [3.63, 3.8) is 0 Å². The van der Waals surface area contributed by atoms with E-state index in [2.05, 4.69) is 4.74 Å². The average molecular weight is 264 g/mol. The van der Waals surface area contributed by atoms with Gasteiger partial charge in [-0.2, -0.15) is 0 Å². The average Bonchev–Trinajstić information content (AvgIpc) is 2.44. The molecule has 0 atom stereocenters. The van der Waals surface area contributed by atoms with Gasteiger partial charge in [0.15, 0.2) is 17.3 Å². The molecule has 0 spiro atoms. The molecule has 0 aliphatic rings. The molecule has 0 saturated carbocycles. The van der Waals surface area contributed by atoms with Gasteiger partial charge in [0.25, 0.3) is 0 Å². The standard InChI is InChI=1S/C14H16O5/c1-17-12-6-4-5-10(14(12)19-3)7-8-11(15)9-13(16)18-2/h4-8H,9H2,1-3H3. The minimum Gasteiger partial charge on any atom is -0.493 e. The van der Waals surface area contributed by atoms with Crippen LogP contribution in [0.2, 0.25) is 0 Å². The van der Waals surface area contributed by atoms with Crippen molar-refractivity contribution in [1.29, 1.82) is 0 Å². The summed E-state index contributed by atoms with van der Waals surface area (Å²) in [6.07, 6.45) is 2.61. The van der Waals surface area contributed by atoms with Crippen LogP contribution in [0.4, 0.5) is 0 Å². The first-order chi connectivity index (χ1) is 9.12. The zero-order valence-electron chi connectivity index (χ0n) is 11.1. The van der Waals surface area contributed by atoms with Gasteiger partial charge in [-0.05, 0) is 18.2 Å². The molecule has 1 aromatic rings. The van der Waals surface area contributed by atoms with E-state index in [1.165, 1.54) is 27.4 Å². The number of methoxy groups -OCH3 is 3. The fourth-order valence-electron chi connectivity index (χ4n) is 1.50. The van der Waals surface area contributed by atoms with Crippen LogP contribution in [-0.4, -0.2) is 33.1 Å². The summed E-state index contributed by atoms with van der Waals surface area (Å²) in [6, 6.07) is 5.32. The first-order valence-corrected chi connectivity index (χ1v) is 5.61. The number of para-hydroxylation sites is 1. The van der Waals surface area contributed by atoms with Crippen molar-refractivity contribution in [2.75, 3.05) is 21.3 Å². The molecule has 0 heterocycles. The normalized spacial score (nSPS) is 10.3. The summed E-state index contributed by atoms with van der Waals surface area (Å²) in [5.41, 5.74) is 0.695. The van der Waals surface area contributed by atoms with E-state index in [1.807, 2.05) is 0 Å². The Morgan fingerprint density at radius 3 is 2.47 bits per heavy atom. The summed E-state index contributed by atoms with van der Waals surface area (Å²) in [6.45, 7) is 0. The topological polar surface area (TPSA) is 61.8 Å². The highest BCUT2D eigenvalue weighted by molar-refractivity contribution is 6.04. The second kappa shape index (κ2) is 7.20. The summed E-state index contributed by atoms with van der Waals surface area (Å²) < 4.78 is 14.8. The molecule has 0 aromatic heterocycles. The third-order valence-corrected chi connectivity index (χ3v) is 2.43. The second-order valence-corrected chi connectivity index (χ2v) is 3.64. The summed E-state index contributed by atoms with van der Waals surface area (Å²) >= 11 is 0. The lowest BCUT2D eigenvalue weighted by molar-refractivity contribution is -0.142. The fourth-order valence-corrected chi connectivity index (χ4v) is 1.50. The van der Waals surface area contributed by atoms with Gasteiger partial charge in [0.2, 0.25) is 0 Å². The monoisotopic (exact) mass is 264 g/mol. The van der Waals surface area contributed by atoms with Crippen molar-refractivity contribution in [3.05, 3.63) is 29.8 Å². The summed E-state index contributed by atoms with van der Waals surface area (Å²) in [5.74, 6) is 0.209. The van der Waals surface area contributed by atoms with Crippen LogP contribution in [0, 0.1) is 0 Å². The summed E-state index contributed by atoms with van der Waals surface area (Å²) in [5, 5.41) is 0. The number of carbonyl (C=O) groups is 2. The van der Waals surface area contributed by atoms with E-state index in [-0.39, 0.29) is 12.2 Å². The quantitative estimate of drug-likeness (QED) is 0.446. The van der Waals surface area contributed by atoms with Crippen LogP contribution in [0.25, 0.3) is 6.08 Å². The van der Waals surface area contributed by atoms with Crippen LogP contribution < -0.4 is 9.47 Å². The zero-order valence-corrected chi connectivity index (χ0v) is 11.1. The molecule has 19 heavy (non-hydrogen) atoms. The SMILES string of the molecule is COC(=O)CC(=O)C=Cc1cccc(OC)c1OC. The number of benzene rings is 1. The van der Waals surface area contributed by atoms with Crippen LogP contribution in [0.5, 0.6) is 11.5 Å². The molecule has 0 fully saturated rings. The molecule has 0 saturated heterocycles. The van der Waals surface area contributed by atoms with Gasteiger partial charge in [0, 0.05) is 5.56 Å². The van der Waals surface area contributed by atoms with Gasteiger partial charge in [0.05, 0.1) is 21.3 Å². The molecule has 0 radical (unpaired) electrons. The van der Waals surface area contributed by atoms with Crippen molar-refractivity contribution in [3.8, 4) is 11.5 Å². The van der Waals surface area contributed by atoms with E-state index < -0.39 is 5.97 Å². The molecule has 0 unspecified atom stereocenters. The lowest BCUT2D eigenvalue weighted by atomic mass is 10.1. The number of rotatable bonds is 6. The van der Waals surface area contributed by atoms with E-state index in [0.717, 1.165) is 0 Å². The van der Waals surface area contributed by atoms with E-state index in [1.54, 1.807) is 24.3 Å². The number of ketones is 1. The molecular formula is C14H16O5. The van der Waals surface area contributed by atoms with E-state index in [0.29, 0.717) is 17.1 Å². The van der Waals surface area contributed by atoms with Crippen molar-refractivity contribution in [1.82, 2.24) is 0 Å². The molecule has 0 amide bonds. The lowest BCUT2D eigenvalue weighted by Gasteiger charge is -2.09. The summed E-state index contributed by atoms with van der Waals surface area (Å²) in [4.78, 5) is 22.4. The molecule has 0 bridgehead atoms. The van der Waals surface area contributed by atoms with Gasteiger partial charge >= 0.3 is 5.97 Å². The highest BCUT2D eigenvalue weighted by Crippen LogP contribution is 2.31. The van der Waals surface area contributed by atoms with Gasteiger partial charge in [-0.25, -0.2) is 0 Å². The Hall–Kier alpha value is -2.30. The minimum atomic E-state index is -0.563. The minimum absolute atomic E-state index is 0.278. The number of ether oxygens (including phenoxy) is 3.